The fourth-order valence-electron chi connectivity index (χ4n) is 7.02. The molecule has 4 amide bonds. The lowest BCUT2D eigenvalue weighted by molar-refractivity contribution is -0.257. The van der Waals surface area contributed by atoms with Gasteiger partial charge in [0.15, 0.2) is 11.6 Å². The van der Waals surface area contributed by atoms with E-state index in [9.17, 15) is 29.1 Å². The fourth-order valence-corrected chi connectivity index (χ4v) is 7.02. The van der Waals surface area contributed by atoms with Gasteiger partial charge in [0.25, 0.3) is 0 Å². The number of aromatic nitrogens is 2. The van der Waals surface area contributed by atoms with Gasteiger partial charge in [0.1, 0.15) is 17.9 Å². The van der Waals surface area contributed by atoms with Crippen molar-refractivity contribution in [2.45, 2.75) is 63.4 Å². The summed E-state index contributed by atoms with van der Waals surface area (Å²) in [6, 6.07) is 12.9. The molecule has 3 saturated heterocycles. The standard InChI is InChI=1S/C37H44N6O9/c1-22(2)31(41-35(47)50-3)34(46)42-15-4-6-28(42)32-38-19-27(40-32)25-11-7-23(8-12-25)24-9-13-26(14-10-24)30(44)20-39-33(45)29-18-37(21-43(29)36(48)49)51-16-5-17-52-37/h7-14,19,22,28-29,31H,4-6,15-18,20-21H2,1-3H3,(H,38,40)(H,39,45)(H,41,47)(H,48,49)/t28-,29-,31-/m0/s1. The fraction of sp³-hybridized carbons (Fsp3) is 0.459. The number of H-pyrrole nitrogens is 1. The van der Waals surface area contributed by atoms with Gasteiger partial charge in [-0.2, -0.15) is 0 Å². The maximum Gasteiger partial charge on any atom is 0.408 e. The molecule has 4 N–H and O–H groups in total. The van der Waals surface area contributed by atoms with Crippen molar-refractivity contribution in [3.05, 3.63) is 66.1 Å². The smallest absolute Gasteiger partial charge is 0.408 e. The summed E-state index contributed by atoms with van der Waals surface area (Å²) in [5.74, 6) is -1.64. The Morgan fingerprint density at radius 2 is 1.63 bits per heavy atom. The molecule has 3 fully saturated rings. The van der Waals surface area contributed by atoms with E-state index in [4.69, 9.17) is 14.2 Å². The highest BCUT2D eigenvalue weighted by Crippen LogP contribution is 2.35. The first-order valence-electron chi connectivity index (χ1n) is 17.5. The number of imidazole rings is 1. The predicted molar refractivity (Wildman–Crippen MR) is 187 cm³/mol. The minimum Gasteiger partial charge on any atom is -0.465 e. The number of nitrogens with one attached hydrogen (secondary N) is 3. The molecule has 15 heteroatoms. The minimum absolute atomic E-state index is 0.0605. The van der Waals surface area contributed by atoms with Gasteiger partial charge in [-0.25, -0.2) is 14.6 Å². The average molecular weight is 717 g/mol. The molecule has 52 heavy (non-hydrogen) atoms. The van der Waals surface area contributed by atoms with E-state index in [1.807, 2.05) is 50.2 Å². The van der Waals surface area contributed by atoms with Gasteiger partial charge in [-0.3, -0.25) is 19.3 Å². The number of ether oxygens (including phenoxy) is 3. The zero-order valence-electron chi connectivity index (χ0n) is 29.4. The van der Waals surface area contributed by atoms with Gasteiger partial charge < -0.3 is 39.8 Å². The summed E-state index contributed by atoms with van der Waals surface area (Å²) in [5, 5.41) is 14.9. The normalized spacial score (nSPS) is 20.2. The van der Waals surface area contributed by atoms with Gasteiger partial charge in [-0.15, -0.1) is 0 Å². The van der Waals surface area contributed by atoms with Gasteiger partial charge in [-0.1, -0.05) is 62.4 Å². The van der Waals surface area contributed by atoms with E-state index >= 15 is 0 Å². The van der Waals surface area contributed by atoms with Crippen molar-refractivity contribution in [3.8, 4) is 22.4 Å². The molecule has 3 aliphatic rings. The highest BCUT2D eigenvalue weighted by atomic mass is 16.7. The molecule has 2 aromatic carbocycles. The first-order valence-corrected chi connectivity index (χ1v) is 17.5. The Morgan fingerprint density at radius 1 is 0.981 bits per heavy atom. The van der Waals surface area contributed by atoms with E-state index in [-0.39, 0.29) is 43.2 Å². The van der Waals surface area contributed by atoms with E-state index in [0.29, 0.717) is 37.6 Å². The Kier molecular flexibility index (Phi) is 10.9. The topological polar surface area (TPSA) is 192 Å². The molecule has 3 aromatic rings. The highest BCUT2D eigenvalue weighted by molar-refractivity contribution is 6.00. The number of carbonyl (C=O) groups excluding carboxylic acids is 4. The third kappa shape index (κ3) is 7.79. The number of ketones is 1. The van der Waals surface area contributed by atoms with Crippen molar-refractivity contribution >= 4 is 29.8 Å². The number of methoxy groups -OCH3 is 1. The molecule has 3 aliphatic heterocycles. The summed E-state index contributed by atoms with van der Waals surface area (Å²) in [7, 11) is 1.27. The number of carboxylic acid groups (broad SMARTS) is 1. The molecule has 0 radical (unpaired) electrons. The molecule has 4 heterocycles. The van der Waals surface area contributed by atoms with Crippen molar-refractivity contribution < 1.29 is 43.3 Å². The van der Waals surface area contributed by atoms with Crippen LogP contribution in [0.2, 0.25) is 0 Å². The van der Waals surface area contributed by atoms with Crippen LogP contribution >= 0.6 is 0 Å². The maximum atomic E-state index is 13.5. The van der Waals surface area contributed by atoms with Crippen LogP contribution in [0.25, 0.3) is 22.4 Å². The first-order chi connectivity index (χ1) is 25.0. The number of alkyl carbamates (subject to hydrolysis) is 1. The van der Waals surface area contributed by atoms with Gasteiger partial charge in [-0.05, 0) is 41.9 Å². The molecule has 0 unspecified atom stereocenters. The Hall–Kier alpha value is -5.28. The van der Waals surface area contributed by atoms with Crippen molar-refractivity contribution in [1.29, 1.82) is 0 Å². The van der Waals surface area contributed by atoms with Crippen LogP contribution in [-0.2, 0) is 23.8 Å². The third-order valence-corrected chi connectivity index (χ3v) is 9.86. The molecular weight excluding hydrogens is 672 g/mol. The van der Waals surface area contributed by atoms with Crippen molar-refractivity contribution in [2.75, 3.05) is 40.0 Å². The van der Waals surface area contributed by atoms with Crippen LogP contribution < -0.4 is 10.6 Å². The monoisotopic (exact) mass is 716 g/mol. The molecule has 1 aromatic heterocycles. The quantitative estimate of drug-likeness (QED) is 0.223. The number of hydrogen-bond acceptors (Lipinski definition) is 9. The summed E-state index contributed by atoms with van der Waals surface area (Å²) in [4.78, 5) is 73.9. The van der Waals surface area contributed by atoms with Crippen molar-refractivity contribution in [2.24, 2.45) is 5.92 Å². The lowest BCUT2D eigenvalue weighted by atomic mass is 10.0. The molecule has 1 spiro atoms. The molecule has 6 rings (SSSR count). The summed E-state index contributed by atoms with van der Waals surface area (Å²) in [5.41, 5.74) is 3.93. The van der Waals surface area contributed by atoms with Crippen LogP contribution in [0.4, 0.5) is 9.59 Å². The summed E-state index contributed by atoms with van der Waals surface area (Å²) < 4.78 is 16.1. The summed E-state index contributed by atoms with van der Waals surface area (Å²) in [6.07, 6.45) is 2.18. The number of nitrogens with zero attached hydrogens (tertiary/aromatic N) is 3. The molecule has 3 atom stereocenters. The number of rotatable bonds is 10. The van der Waals surface area contributed by atoms with E-state index < -0.39 is 36.0 Å². The lowest BCUT2D eigenvalue weighted by Crippen LogP contribution is -2.51. The zero-order chi connectivity index (χ0) is 37.0. The second-order valence-corrected chi connectivity index (χ2v) is 13.6. The zero-order valence-corrected chi connectivity index (χ0v) is 29.4. The third-order valence-electron chi connectivity index (χ3n) is 9.86. The van der Waals surface area contributed by atoms with Crippen molar-refractivity contribution in [1.82, 2.24) is 30.4 Å². The largest absolute Gasteiger partial charge is 0.465 e. The van der Waals surface area contributed by atoms with Gasteiger partial charge in [0, 0.05) is 18.5 Å². The van der Waals surface area contributed by atoms with E-state index in [2.05, 4.69) is 20.6 Å². The van der Waals surface area contributed by atoms with E-state index in [1.54, 1.807) is 23.2 Å². The Labute approximate surface area is 301 Å². The van der Waals surface area contributed by atoms with E-state index in [1.165, 1.54) is 7.11 Å². The first kappa shape index (κ1) is 36.5. The van der Waals surface area contributed by atoms with Crippen LogP contribution in [0.1, 0.15) is 61.8 Å². The average Bonchev–Trinajstić information content (AvgIpc) is 3.92. The van der Waals surface area contributed by atoms with Crippen LogP contribution in [0.15, 0.2) is 54.7 Å². The molecular formula is C37H44N6O9. The molecule has 0 aliphatic carbocycles. The number of hydrogen-bond donors (Lipinski definition) is 4. The second kappa shape index (κ2) is 15.5. The number of aromatic amines is 1. The van der Waals surface area contributed by atoms with Crippen LogP contribution in [0.3, 0.4) is 0 Å². The highest BCUT2D eigenvalue weighted by Gasteiger charge is 2.52. The van der Waals surface area contributed by atoms with Crippen molar-refractivity contribution in [3.63, 3.8) is 0 Å². The summed E-state index contributed by atoms with van der Waals surface area (Å²) in [6.45, 7) is 4.82. The molecule has 276 valence electrons. The van der Waals surface area contributed by atoms with Gasteiger partial charge >= 0.3 is 12.2 Å². The molecule has 15 nitrogen and oxygen atoms in total. The Morgan fingerprint density at radius 3 is 2.27 bits per heavy atom. The van der Waals surface area contributed by atoms with Crippen LogP contribution in [0.5, 0.6) is 0 Å². The van der Waals surface area contributed by atoms with Gasteiger partial charge in [0.05, 0.1) is 51.3 Å². The van der Waals surface area contributed by atoms with Gasteiger partial charge in [0.2, 0.25) is 11.8 Å². The molecule has 0 bridgehead atoms. The lowest BCUT2D eigenvalue weighted by Gasteiger charge is -2.33. The number of Topliss-reactive ketones (excluding diaryl/α,β-unsaturated/α-hetero) is 1. The van der Waals surface area contributed by atoms with Crippen LogP contribution in [0, 0.1) is 5.92 Å². The predicted octanol–water partition coefficient (Wildman–Crippen LogP) is 3.97. The molecule has 0 saturated carbocycles. The number of carbonyl (C=O) groups is 5. The number of amides is 4. The number of benzene rings is 2. The Bertz CT molecular complexity index is 1790. The van der Waals surface area contributed by atoms with Crippen LogP contribution in [-0.4, -0.2) is 112 Å². The second-order valence-electron chi connectivity index (χ2n) is 13.6. The maximum absolute atomic E-state index is 13.5. The minimum atomic E-state index is -1.25. The SMILES string of the molecule is COC(=O)N[C@H](C(=O)N1CCC[C@H]1c1ncc(-c2ccc(-c3ccc(C(=O)CNC(=O)[C@@H]4CC5(CN4C(=O)O)OCCCO5)cc3)cc2)[nH]1)C(C)C. The Balaban J connectivity index is 1.05. The number of likely N-dealkylation sites (tertiary alicyclic amines) is 2. The summed E-state index contributed by atoms with van der Waals surface area (Å²) >= 11 is 0. The van der Waals surface area contributed by atoms with E-state index in [0.717, 1.165) is 40.1 Å².